The average molecular weight is 718 g/mol. The van der Waals surface area contributed by atoms with E-state index < -0.39 is 5.79 Å². The number of nitrogens with one attached hydrogen (secondary N) is 2. The summed E-state index contributed by atoms with van der Waals surface area (Å²) < 4.78 is 26.0. The van der Waals surface area contributed by atoms with E-state index in [1.807, 2.05) is 38.2 Å². The predicted octanol–water partition coefficient (Wildman–Crippen LogP) is 7.84. The van der Waals surface area contributed by atoms with Gasteiger partial charge in [0, 0.05) is 62.8 Å². The van der Waals surface area contributed by atoms with Crippen LogP contribution in [0.4, 0.5) is 5.82 Å². The molecule has 2 aliphatic carbocycles. The smallest absolute Gasteiger partial charge is 0.205 e. The highest BCUT2D eigenvalue weighted by molar-refractivity contribution is 5.90. The van der Waals surface area contributed by atoms with Crippen LogP contribution in [0.15, 0.2) is 72.4 Å². The monoisotopic (exact) mass is 717 g/mol. The molecule has 8 rings (SSSR count). The van der Waals surface area contributed by atoms with Crippen molar-refractivity contribution < 1.29 is 18.9 Å². The normalized spacial score (nSPS) is 20.8. The van der Waals surface area contributed by atoms with Crippen molar-refractivity contribution in [1.29, 1.82) is 0 Å². The van der Waals surface area contributed by atoms with Gasteiger partial charge in [-0.1, -0.05) is 26.8 Å². The minimum absolute atomic E-state index is 0.120. The summed E-state index contributed by atoms with van der Waals surface area (Å²) in [7, 11) is 5.54. The van der Waals surface area contributed by atoms with Crippen LogP contribution >= 0.6 is 0 Å². The summed E-state index contributed by atoms with van der Waals surface area (Å²) in [6.45, 7) is 12.0. The van der Waals surface area contributed by atoms with Gasteiger partial charge in [-0.05, 0) is 79.6 Å². The van der Waals surface area contributed by atoms with Crippen LogP contribution in [0.2, 0.25) is 0 Å². The third-order valence-electron chi connectivity index (χ3n) is 11.0. The molecule has 1 saturated carbocycles. The highest BCUT2D eigenvalue weighted by Crippen LogP contribution is 2.45. The number of aromatic nitrogens is 5. The molecular formula is C42H51N7O4. The van der Waals surface area contributed by atoms with E-state index >= 15 is 0 Å². The number of anilines is 1. The Hall–Kier alpha value is -4.87. The second-order valence-electron chi connectivity index (χ2n) is 16.2. The predicted molar refractivity (Wildman–Crippen MR) is 208 cm³/mol. The number of hydrogen-bond donors (Lipinski definition) is 2. The Morgan fingerprint density at radius 1 is 1.06 bits per heavy atom. The van der Waals surface area contributed by atoms with Gasteiger partial charge in [0.15, 0.2) is 6.10 Å². The van der Waals surface area contributed by atoms with Crippen LogP contribution in [0.1, 0.15) is 70.8 Å². The van der Waals surface area contributed by atoms with Gasteiger partial charge >= 0.3 is 0 Å². The molecule has 0 radical (unpaired) electrons. The number of rotatable bonds is 12. The van der Waals surface area contributed by atoms with Crippen molar-refractivity contribution in [3.05, 3.63) is 89.3 Å². The number of ether oxygens (including phenoxy) is 4. The fraction of sp³-hybridized carbons (Fsp3) is 0.452. The average Bonchev–Trinajstić information content (AvgIpc) is 3.87. The number of hydrogen-bond acceptors (Lipinski definition) is 9. The van der Waals surface area contributed by atoms with Gasteiger partial charge in [-0.25, -0.2) is 15.0 Å². The Bertz CT molecular complexity index is 2220. The summed E-state index contributed by atoms with van der Waals surface area (Å²) in [4.78, 5) is 20.3. The van der Waals surface area contributed by atoms with Crippen molar-refractivity contribution in [2.45, 2.75) is 90.2 Å². The van der Waals surface area contributed by atoms with Gasteiger partial charge in [-0.2, -0.15) is 0 Å². The van der Waals surface area contributed by atoms with Crippen molar-refractivity contribution in [1.82, 2.24) is 29.4 Å². The van der Waals surface area contributed by atoms with Crippen LogP contribution in [-0.2, 0) is 27.9 Å². The second kappa shape index (κ2) is 13.5. The number of aromatic amines is 1. The van der Waals surface area contributed by atoms with Crippen LogP contribution in [-0.4, -0.2) is 75.1 Å². The van der Waals surface area contributed by atoms with E-state index in [0.29, 0.717) is 18.5 Å². The highest BCUT2D eigenvalue weighted by Gasteiger charge is 2.46. The zero-order valence-corrected chi connectivity index (χ0v) is 32.1. The topological polar surface area (TPSA) is 112 Å². The number of fused-ring (bicyclic) bond motifs is 3. The van der Waals surface area contributed by atoms with Crippen molar-refractivity contribution >= 4 is 33.6 Å². The maximum absolute atomic E-state index is 6.51. The van der Waals surface area contributed by atoms with E-state index in [0.717, 1.165) is 87.2 Å². The Morgan fingerprint density at radius 3 is 2.66 bits per heavy atom. The first-order chi connectivity index (χ1) is 25.4. The molecule has 5 aromatic rings. The zero-order valence-electron chi connectivity index (χ0n) is 32.1. The molecule has 0 amide bonds. The summed E-state index contributed by atoms with van der Waals surface area (Å²) >= 11 is 0. The van der Waals surface area contributed by atoms with Gasteiger partial charge in [0.2, 0.25) is 5.79 Å². The molecule has 0 unspecified atom stereocenters. The lowest BCUT2D eigenvalue weighted by Gasteiger charge is -2.41. The van der Waals surface area contributed by atoms with E-state index in [4.69, 9.17) is 28.9 Å². The summed E-state index contributed by atoms with van der Waals surface area (Å²) in [5.41, 5.74) is 7.60. The summed E-state index contributed by atoms with van der Waals surface area (Å²) in [5.74, 6) is 4.21. The zero-order chi connectivity index (χ0) is 37.1. The lowest BCUT2D eigenvalue weighted by atomic mass is 9.76. The van der Waals surface area contributed by atoms with Crippen molar-refractivity contribution in [2.24, 2.45) is 5.92 Å². The van der Waals surface area contributed by atoms with Crippen LogP contribution in [0.25, 0.3) is 27.8 Å². The molecule has 278 valence electrons. The molecular weight excluding hydrogens is 667 g/mol. The van der Waals surface area contributed by atoms with Crippen LogP contribution < -0.4 is 14.8 Å². The first kappa shape index (κ1) is 35.2. The number of benzene rings is 2. The standard InChI is InChI=1S/C42H51N7O4/c1-41(2,3)28-11-13-32-33(20-28)47-36(46-32)14-9-25-17-29(18-25)48(6)23-27-19-34(38-37(27)52-42(4,5)53-38)49-16-15-31-39(44-24-45-40(31)49)43-22-26-10-12-30(50-7)21-35(26)51-8/h10-13,15-16,19-21,24-25,29,38H,9,14,17-18,22-23H2,1-8H3,(H,46,47)(H,43,44,45)/t25?,29?,38-/m0/s1. The lowest BCUT2D eigenvalue weighted by molar-refractivity contribution is -0.126. The van der Waals surface area contributed by atoms with Crippen LogP contribution in [0, 0.1) is 5.92 Å². The Morgan fingerprint density at radius 2 is 1.89 bits per heavy atom. The van der Waals surface area contributed by atoms with Gasteiger partial charge in [-0.15, -0.1) is 0 Å². The van der Waals surface area contributed by atoms with Gasteiger partial charge in [-0.3, -0.25) is 4.90 Å². The van der Waals surface area contributed by atoms with Crippen molar-refractivity contribution in [2.75, 3.05) is 33.1 Å². The van der Waals surface area contributed by atoms with Gasteiger partial charge in [0.25, 0.3) is 0 Å². The Labute approximate surface area is 311 Å². The maximum Gasteiger partial charge on any atom is 0.205 e. The van der Waals surface area contributed by atoms with Crippen molar-refractivity contribution in [3.8, 4) is 11.5 Å². The molecule has 2 aromatic carbocycles. The molecule has 53 heavy (non-hydrogen) atoms. The number of likely N-dealkylation sites (N-methyl/N-ethyl adjacent to an activating group) is 1. The molecule has 4 heterocycles. The van der Waals surface area contributed by atoms with Gasteiger partial charge in [0.1, 0.15) is 40.9 Å². The molecule has 1 atom stereocenters. The molecule has 0 bridgehead atoms. The SMILES string of the molecule is COc1ccc(CNc2ncnc3c2ccn3C2=CC(CN(C)C3CC(CCc4nc5ccc(C(C)(C)C)cc5[nH]4)C3)=C3OC(C)(C)O[C@@H]23)c(OC)c1. The molecule has 2 N–H and O–H groups in total. The molecule has 11 heteroatoms. The third kappa shape index (κ3) is 6.88. The van der Waals surface area contributed by atoms with E-state index in [-0.39, 0.29) is 11.5 Å². The summed E-state index contributed by atoms with van der Waals surface area (Å²) in [6.07, 6.45) is 10.1. The first-order valence-corrected chi connectivity index (χ1v) is 18.7. The molecule has 1 saturated heterocycles. The van der Waals surface area contributed by atoms with E-state index in [9.17, 15) is 0 Å². The van der Waals surface area contributed by atoms with E-state index in [2.05, 4.69) is 82.9 Å². The fourth-order valence-corrected chi connectivity index (χ4v) is 7.91. The number of H-pyrrole nitrogens is 1. The van der Waals surface area contributed by atoms with E-state index in [1.54, 1.807) is 20.5 Å². The molecule has 3 aliphatic rings. The van der Waals surface area contributed by atoms with E-state index in [1.165, 1.54) is 18.4 Å². The van der Waals surface area contributed by atoms with Crippen molar-refractivity contribution in [3.63, 3.8) is 0 Å². The van der Waals surface area contributed by atoms with Crippen LogP contribution in [0.3, 0.4) is 0 Å². The summed E-state index contributed by atoms with van der Waals surface area (Å²) in [5, 5.41) is 4.41. The fourth-order valence-electron chi connectivity index (χ4n) is 7.91. The first-order valence-electron chi connectivity index (χ1n) is 18.7. The third-order valence-corrected chi connectivity index (χ3v) is 11.0. The Kier molecular flexibility index (Phi) is 8.97. The number of methoxy groups -OCH3 is 2. The van der Waals surface area contributed by atoms with Gasteiger partial charge in [0.05, 0.1) is 36.3 Å². The quantitative estimate of drug-likeness (QED) is 0.133. The second-order valence-corrected chi connectivity index (χ2v) is 16.2. The molecule has 11 nitrogen and oxygen atoms in total. The maximum atomic E-state index is 6.51. The molecule has 2 fully saturated rings. The van der Waals surface area contributed by atoms with Crippen LogP contribution in [0.5, 0.6) is 11.5 Å². The number of aryl methyl sites for hydroxylation is 1. The molecule has 0 spiro atoms. The van der Waals surface area contributed by atoms with Gasteiger partial charge < -0.3 is 33.8 Å². The minimum atomic E-state index is -0.724. The Balaban J connectivity index is 0.930. The lowest BCUT2D eigenvalue weighted by Crippen LogP contribution is -2.43. The largest absolute Gasteiger partial charge is 0.497 e. The number of imidazole rings is 1. The summed E-state index contributed by atoms with van der Waals surface area (Å²) in [6, 6.07) is 15.0. The number of nitrogens with zero attached hydrogens (tertiary/aromatic N) is 5. The highest BCUT2D eigenvalue weighted by atomic mass is 16.7. The molecule has 3 aromatic heterocycles. The minimum Gasteiger partial charge on any atom is -0.497 e. The molecule has 1 aliphatic heterocycles.